The van der Waals surface area contributed by atoms with Crippen molar-refractivity contribution >= 4 is 56.4 Å². The summed E-state index contributed by atoms with van der Waals surface area (Å²) in [6, 6.07) is 10.0. The van der Waals surface area contributed by atoms with E-state index in [9.17, 15) is 4.79 Å². The smallest absolute Gasteiger partial charge is 0.257 e. The minimum atomic E-state index is -0.339. The van der Waals surface area contributed by atoms with Gasteiger partial charge in [0.25, 0.3) is 5.91 Å². The van der Waals surface area contributed by atoms with Gasteiger partial charge in [0.2, 0.25) is 0 Å². The molecule has 0 bridgehead atoms. The largest absolute Gasteiger partial charge is 0.398 e. The Morgan fingerprint density at radius 1 is 1.21 bits per heavy atom. The van der Waals surface area contributed by atoms with Gasteiger partial charge in [0.15, 0.2) is 0 Å². The Bertz CT molecular complexity index is 647. The summed E-state index contributed by atoms with van der Waals surface area (Å²) in [5, 5.41) is 3.28. The van der Waals surface area contributed by atoms with Crippen LogP contribution in [0.3, 0.4) is 0 Å². The normalized spacial score (nSPS) is 10.3. The zero-order chi connectivity index (χ0) is 14.0. The maximum Gasteiger partial charge on any atom is 0.257 e. The summed E-state index contributed by atoms with van der Waals surface area (Å²) < 4.78 is 0.770. The molecule has 0 aliphatic carbocycles. The molecule has 0 atom stereocenters. The highest BCUT2D eigenvalue weighted by Gasteiger charge is 2.13. The molecule has 3 nitrogen and oxygen atoms in total. The average molecular weight is 360 g/mol. The lowest BCUT2D eigenvalue weighted by atomic mass is 10.2. The minimum absolute atomic E-state index is 0.228. The topological polar surface area (TPSA) is 55.1 Å². The van der Waals surface area contributed by atoms with Gasteiger partial charge in [-0.1, -0.05) is 29.3 Å². The van der Waals surface area contributed by atoms with Crippen molar-refractivity contribution in [3.05, 3.63) is 56.5 Å². The second-order valence-electron chi connectivity index (χ2n) is 3.79. The first-order valence-electron chi connectivity index (χ1n) is 5.29. The lowest BCUT2D eigenvalue weighted by molar-refractivity contribution is 0.102. The molecule has 3 N–H and O–H groups in total. The van der Waals surface area contributed by atoms with E-state index >= 15 is 0 Å². The van der Waals surface area contributed by atoms with Crippen molar-refractivity contribution in [3.8, 4) is 0 Å². The van der Waals surface area contributed by atoms with Gasteiger partial charge in [-0.25, -0.2) is 0 Å². The van der Waals surface area contributed by atoms with E-state index in [0.717, 1.165) is 4.47 Å². The van der Waals surface area contributed by atoms with Crippen LogP contribution in [0.15, 0.2) is 40.9 Å². The van der Waals surface area contributed by atoms with Crippen LogP contribution in [0.1, 0.15) is 10.4 Å². The molecule has 0 fully saturated rings. The van der Waals surface area contributed by atoms with E-state index in [-0.39, 0.29) is 10.9 Å². The van der Waals surface area contributed by atoms with Crippen molar-refractivity contribution in [2.45, 2.75) is 0 Å². The summed E-state index contributed by atoms with van der Waals surface area (Å²) in [7, 11) is 0. The molecule has 1 amide bonds. The standard InChI is InChI=1S/C13H9BrCl2N2O/c14-9-5-4-7(6-11(9)17)18-13(19)8-2-1-3-10(15)12(8)16/h1-6H,17H2,(H,18,19). The first-order valence-corrected chi connectivity index (χ1v) is 6.84. The number of benzene rings is 2. The van der Waals surface area contributed by atoms with Crippen LogP contribution < -0.4 is 11.1 Å². The number of carbonyl (C=O) groups is 1. The van der Waals surface area contributed by atoms with Crippen molar-refractivity contribution in [1.29, 1.82) is 0 Å². The molecule has 0 aliphatic rings. The monoisotopic (exact) mass is 358 g/mol. The second-order valence-corrected chi connectivity index (χ2v) is 5.43. The average Bonchev–Trinajstić information content (AvgIpc) is 2.37. The summed E-state index contributed by atoms with van der Waals surface area (Å²) in [6.45, 7) is 0. The maximum atomic E-state index is 12.1. The third-order valence-corrected chi connectivity index (χ3v) is 3.99. The summed E-state index contributed by atoms with van der Waals surface area (Å²) in [4.78, 5) is 12.1. The molecular formula is C13H9BrCl2N2O. The summed E-state index contributed by atoms with van der Waals surface area (Å²) in [5.41, 5.74) is 7.18. The van der Waals surface area contributed by atoms with Gasteiger partial charge in [0, 0.05) is 15.8 Å². The number of nitrogens with one attached hydrogen (secondary N) is 1. The van der Waals surface area contributed by atoms with E-state index in [1.54, 1.807) is 36.4 Å². The Morgan fingerprint density at radius 2 is 1.95 bits per heavy atom. The Morgan fingerprint density at radius 3 is 2.63 bits per heavy atom. The molecule has 0 heterocycles. The predicted molar refractivity (Wildman–Crippen MR) is 83.0 cm³/mol. The number of nitrogens with two attached hydrogens (primary N) is 1. The molecule has 0 aliphatic heterocycles. The third-order valence-electron chi connectivity index (χ3n) is 2.45. The molecule has 0 radical (unpaired) electrons. The zero-order valence-electron chi connectivity index (χ0n) is 9.58. The molecule has 98 valence electrons. The number of anilines is 2. The van der Waals surface area contributed by atoms with Crippen LogP contribution in [0, 0.1) is 0 Å². The fourth-order valence-electron chi connectivity index (χ4n) is 1.50. The fraction of sp³-hybridized carbons (Fsp3) is 0. The lowest BCUT2D eigenvalue weighted by Gasteiger charge is -2.08. The van der Waals surface area contributed by atoms with Crippen molar-refractivity contribution in [2.75, 3.05) is 11.1 Å². The lowest BCUT2D eigenvalue weighted by Crippen LogP contribution is -2.12. The fourth-order valence-corrected chi connectivity index (χ4v) is 2.13. The molecule has 0 saturated carbocycles. The first-order chi connectivity index (χ1) is 8.99. The highest BCUT2D eigenvalue weighted by atomic mass is 79.9. The molecule has 2 aromatic carbocycles. The zero-order valence-corrected chi connectivity index (χ0v) is 12.7. The molecule has 0 unspecified atom stereocenters. The Labute approximate surface area is 128 Å². The first kappa shape index (κ1) is 14.2. The number of hydrogen-bond donors (Lipinski definition) is 2. The highest BCUT2D eigenvalue weighted by Crippen LogP contribution is 2.27. The van der Waals surface area contributed by atoms with Crippen molar-refractivity contribution in [3.63, 3.8) is 0 Å². The van der Waals surface area contributed by atoms with Gasteiger partial charge in [-0.05, 0) is 46.3 Å². The molecule has 6 heteroatoms. The number of halogens is 3. The van der Waals surface area contributed by atoms with Gasteiger partial charge in [-0.15, -0.1) is 0 Å². The molecule has 19 heavy (non-hydrogen) atoms. The van der Waals surface area contributed by atoms with Gasteiger partial charge < -0.3 is 11.1 Å². The Balaban J connectivity index is 2.26. The quantitative estimate of drug-likeness (QED) is 0.770. The van der Waals surface area contributed by atoms with E-state index in [0.29, 0.717) is 22.0 Å². The van der Waals surface area contributed by atoms with Gasteiger partial charge in [-0.3, -0.25) is 4.79 Å². The van der Waals surface area contributed by atoms with Crippen molar-refractivity contribution < 1.29 is 4.79 Å². The van der Waals surface area contributed by atoms with Gasteiger partial charge in [0.1, 0.15) is 0 Å². The van der Waals surface area contributed by atoms with Crippen molar-refractivity contribution in [1.82, 2.24) is 0 Å². The van der Waals surface area contributed by atoms with Crippen molar-refractivity contribution in [2.24, 2.45) is 0 Å². The third kappa shape index (κ3) is 3.21. The van der Waals surface area contributed by atoms with Crippen LogP contribution in [-0.2, 0) is 0 Å². The molecule has 2 rings (SSSR count). The minimum Gasteiger partial charge on any atom is -0.398 e. The van der Waals surface area contributed by atoms with Crippen LogP contribution in [-0.4, -0.2) is 5.91 Å². The molecule has 0 spiro atoms. The van der Waals surface area contributed by atoms with Crippen LogP contribution >= 0.6 is 39.1 Å². The summed E-state index contributed by atoms with van der Waals surface area (Å²) in [5.74, 6) is -0.339. The summed E-state index contributed by atoms with van der Waals surface area (Å²) >= 11 is 15.1. The SMILES string of the molecule is Nc1cc(NC(=O)c2cccc(Cl)c2Cl)ccc1Br. The Kier molecular flexibility index (Phi) is 4.34. The maximum absolute atomic E-state index is 12.1. The number of amides is 1. The molecule has 0 saturated heterocycles. The number of hydrogen-bond acceptors (Lipinski definition) is 2. The van der Waals surface area contributed by atoms with Gasteiger partial charge >= 0.3 is 0 Å². The summed E-state index contributed by atoms with van der Waals surface area (Å²) in [6.07, 6.45) is 0. The van der Waals surface area contributed by atoms with E-state index < -0.39 is 0 Å². The molecule has 2 aromatic rings. The van der Waals surface area contributed by atoms with E-state index in [4.69, 9.17) is 28.9 Å². The Hall–Kier alpha value is -1.23. The van der Waals surface area contributed by atoms with Gasteiger partial charge in [0.05, 0.1) is 15.6 Å². The van der Waals surface area contributed by atoms with Crippen LogP contribution in [0.25, 0.3) is 0 Å². The van der Waals surface area contributed by atoms with E-state index in [1.165, 1.54) is 0 Å². The van der Waals surface area contributed by atoms with E-state index in [1.807, 2.05) is 0 Å². The second kappa shape index (κ2) is 5.82. The highest BCUT2D eigenvalue weighted by molar-refractivity contribution is 9.10. The predicted octanol–water partition coefficient (Wildman–Crippen LogP) is 4.59. The van der Waals surface area contributed by atoms with Gasteiger partial charge in [-0.2, -0.15) is 0 Å². The van der Waals surface area contributed by atoms with E-state index in [2.05, 4.69) is 21.2 Å². The van der Waals surface area contributed by atoms with Crippen LogP contribution in [0.2, 0.25) is 10.0 Å². The molecular weight excluding hydrogens is 351 g/mol. The molecule has 0 aromatic heterocycles. The number of carbonyl (C=O) groups excluding carboxylic acids is 1. The number of nitrogen functional groups attached to an aromatic ring is 1. The number of rotatable bonds is 2. The van der Waals surface area contributed by atoms with Crippen LogP contribution in [0.4, 0.5) is 11.4 Å². The van der Waals surface area contributed by atoms with Crippen LogP contribution in [0.5, 0.6) is 0 Å².